The molecule has 0 saturated heterocycles. The fraction of sp³-hybridized carbons (Fsp3) is 0.136. The van der Waals surface area contributed by atoms with Crippen molar-refractivity contribution in [3.05, 3.63) is 78.5 Å². The zero-order valence-corrected chi connectivity index (χ0v) is 17.1. The number of nitrogens with zero attached hydrogens (tertiary/aromatic N) is 3. The number of anilines is 1. The van der Waals surface area contributed by atoms with Crippen molar-refractivity contribution in [2.45, 2.75) is 23.5 Å². The maximum Gasteiger partial charge on any atom is 0.417 e. The minimum Gasteiger partial charge on any atom is -0.325 e. The summed E-state index contributed by atoms with van der Waals surface area (Å²) in [6, 6.07) is 19.3. The van der Waals surface area contributed by atoms with E-state index in [4.69, 9.17) is 0 Å². The lowest BCUT2D eigenvalue weighted by Crippen LogP contribution is -2.23. The van der Waals surface area contributed by atoms with E-state index >= 15 is 0 Å². The summed E-state index contributed by atoms with van der Waals surface area (Å²) >= 11 is 1.04. The molecule has 1 amide bonds. The fourth-order valence-corrected chi connectivity index (χ4v) is 3.86. The Balaban J connectivity index is 1.54. The predicted molar refractivity (Wildman–Crippen MR) is 114 cm³/mol. The van der Waals surface area contributed by atoms with Gasteiger partial charge in [0.15, 0.2) is 10.8 Å². The predicted octanol–water partition coefficient (Wildman–Crippen LogP) is 5.53. The average molecular weight is 442 g/mol. The van der Waals surface area contributed by atoms with Crippen LogP contribution in [0.5, 0.6) is 0 Å². The van der Waals surface area contributed by atoms with Gasteiger partial charge in [-0.15, -0.1) is 10.2 Å². The van der Waals surface area contributed by atoms with Crippen molar-refractivity contribution in [3.8, 4) is 11.1 Å². The number of carbonyl (C=O) groups is 1. The SMILES string of the molecule is CC(Sc1nnc2ccc(C(F)(F)F)cn12)C(=O)Nc1ccccc1-c1ccccc1. The molecule has 2 aromatic heterocycles. The Morgan fingerprint density at radius 1 is 1.00 bits per heavy atom. The molecule has 5 nitrogen and oxygen atoms in total. The molecule has 1 atom stereocenters. The van der Waals surface area contributed by atoms with E-state index < -0.39 is 17.0 Å². The first-order chi connectivity index (χ1) is 14.8. The number of carbonyl (C=O) groups excluding carboxylic acids is 1. The number of halogens is 3. The molecule has 9 heteroatoms. The highest BCUT2D eigenvalue weighted by atomic mass is 32.2. The normalized spacial score (nSPS) is 12.6. The second-order valence-electron chi connectivity index (χ2n) is 6.79. The van der Waals surface area contributed by atoms with Crippen LogP contribution in [0.25, 0.3) is 16.8 Å². The Hall–Kier alpha value is -3.33. The molecular formula is C22H17F3N4OS. The van der Waals surface area contributed by atoms with Gasteiger partial charge in [0.05, 0.1) is 10.8 Å². The molecule has 0 radical (unpaired) electrons. The highest BCUT2D eigenvalue weighted by Gasteiger charge is 2.31. The lowest BCUT2D eigenvalue weighted by atomic mass is 10.0. The number of hydrogen-bond donors (Lipinski definition) is 1. The quantitative estimate of drug-likeness (QED) is 0.413. The number of hydrogen-bond acceptors (Lipinski definition) is 4. The molecule has 0 fully saturated rings. The lowest BCUT2D eigenvalue weighted by Gasteiger charge is -2.14. The third-order valence-corrected chi connectivity index (χ3v) is 5.68. The van der Waals surface area contributed by atoms with E-state index in [0.29, 0.717) is 5.69 Å². The number of rotatable bonds is 5. The van der Waals surface area contributed by atoms with Crippen molar-refractivity contribution < 1.29 is 18.0 Å². The molecule has 2 aromatic carbocycles. The minimum absolute atomic E-state index is 0.208. The number of para-hydroxylation sites is 1. The van der Waals surface area contributed by atoms with Gasteiger partial charge in [-0.2, -0.15) is 13.2 Å². The van der Waals surface area contributed by atoms with Crippen LogP contribution in [0.1, 0.15) is 12.5 Å². The Bertz CT molecular complexity index is 1220. The third kappa shape index (κ3) is 4.56. The van der Waals surface area contributed by atoms with Crippen molar-refractivity contribution >= 4 is 29.0 Å². The highest BCUT2D eigenvalue weighted by Crippen LogP contribution is 2.32. The molecule has 1 N–H and O–H groups in total. The van der Waals surface area contributed by atoms with Gasteiger partial charge < -0.3 is 5.32 Å². The lowest BCUT2D eigenvalue weighted by molar-refractivity contribution is -0.137. The second kappa shape index (κ2) is 8.43. The van der Waals surface area contributed by atoms with Gasteiger partial charge in [-0.05, 0) is 30.7 Å². The molecule has 1 unspecified atom stereocenters. The summed E-state index contributed by atoms with van der Waals surface area (Å²) in [6.07, 6.45) is -3.54. The maximum absolute atomic E-state index is 13.0. The Morgan fingerprint density at radius 2 is 1.71 bits per heavy atom. The molecule has 0 saturated carbocycles. The van der Waals surface area contributed by atoms with Gasteiger partial charge in [-0.25, -0.2) is 0 Å². The molecule has 2 heterocycles. The van der Waals surface area contributed by atoms with Crippen LogP contribution in [0.2, 0.25) is 0 Å². The van der Waals surface area contributed by atoms with E-state index in [2.05, 4.69) is 15.5 Å². The smallest absolute Gasteiger partial charge is 0.325 e. The number of benzene rings is 2. The van der Waals surface area contributed by atoms with E-state index in [1.54, 1.807) is 13.0 Å². The molecule has 158 valence electrons. The number of pyridine rings is 1. The summed E-state index contributed by atoms with van der Waals surface area (Å²) in [5.74, 6) is -0.294. The second-order valence-corrected chi connectivity index (χ2v) is 8.10. The topological polar surface area (TPSA) is 59.3 Å². The Kier molecular flexibility index (Phi) is 5.69. The van der Waals surface area contributed by atoms with Gasteiger partial charge in [0, 0.05) is 17.4 Å². The van der Waals surface area contributed by atoms with Crippen LogP contribution in [-0.2, 0) is 11.0 Å². The standard InChI is InChI=1S/C22H17F3N4OS/c1-14(31-21-28-27-19-12-11-16(13-29(19)21)22(23,24)25)20(30)26-18-10-6-5-9-17(18)15-7-3-2-4-8-15/h2-14H,1H3,(H,26,30). The summed E-state index contributed by atoms with van der Waals surface area (Å²) < 4.78 is 40.4. The van der Waals surface area contributed by atoms with Crippen LogP contribution in [0.3, 0.4) is 0 Å². The van der Waals surface area contributed by atoms with Crippen molar-refractivity contribution in [1.82, 2.24) is 14.6 Å². The molecule has 0 spiro atoms. The van der Waals surface area contributed by atoms with Crippen molar-refractivity contribution in [3.63, 3.8) is 0 Å². The van der Waals surface area contributed by atoms with Crippen molar-refractivity contribution in [2.24, 2.45) is 0 Å². The van der Waals surface area contributed by atoms with Crippen molar-refractivity contribution in [1.29, 1.82) is 0 Å². The van der Waals surface area contributed by atoms with E-state index in [0.717, 1.165) is 35.2 Å². The third-order valence-electron chi connectivity index (χ3n) is 4.62. The van der Waals surface area contributed by atoms with Crippen LogP contribution in [-0.4, -0.2) is 25.8 Å². The molecule has 31 heavy (non-hydrogen) atoms. The van der Waals surface area contributed by atoms with Gasteiger partial charge >= 0.3 is 6.18 Å². The number of thioether (sulfide) groups is 1. The Labute approximate surface area is 180 Å². The van der Waals surface area contributed by atoms with Crippen LogP contribution in [0.15, 0.2) is 78.1 Å². The maximum atomic E-state index is 13.0. The zero-order valence-electron chi connectivity index (χ0n) is 16.3. The van der Waals surface area contributed by atoms with Crippen LogP contribution < -0.4 is 5.32 Å². The number of aromatic nitrogens is 3. The average Bonchev–Trinajstić information content (AvgIpc) is 3.16. The monoisotopic (exact) mass is 442 g/mol. The van der Waals surface area contributed by atoms with Gasteiger partial charge in [-0.1, -0.05) is 60.3 Å². The zero-order chi connectivity index (χ0) is 22.0. The van der Waals surface area contributed by atoms with Gasteiger partial charge in [0.1, 0.15) is 0 Å². The van der Waals surface area contributed by atoms with Gasteiger partial charge in [-0.3, -0.25) is 9.20 Å². The van der Waals surface area contributed by atoms with Crippen molar-refractivity contribution in [2.75, 3.05) is 5.32 Å². The molecule has 0 aliphatic rings. The summed E-state index contributed by atoms with van der Waals surface area (Å²) in [5, 5.41) is 10.3. The molecule has 0 aliphatic heterocycles. The van der Waals surface area contributed by atoms with E-state index in [-0.39, 0.29) is 16.7 Å². The van der Waals surface area contributed by atoms with E-state index in [1.807, 2.05) is 48.5 Å². The summed E-state index contributed by atoms with van der Waals surface area (Å²) in [5.41, 5.74) is 1.95. The highest BCUT2D eigenvalue weighted by molar-refractivity contribution is 8.00. The van der Waals surface area contributed by atoms with E-state index in [9.17, 15) is 18.0 Å². The first-order valence-corrected chi connectivity index (χ1v) is 10.2. The van der Waals surface area contributed by atoms with Crippen LogP contribution >= 0.6 is 11.8 Å². The largest absolute Gasteiger partial charge is 0.417 e. The molecule has 0 aliphatic carbocycles. The molecule has 4 aromatic rings. The molecular weight excluding hydrogens is 425 g/mol. The number of nitrogens with one attached hydrogen (secondary N) is 1. The summed E-state index contributed by atoms with van der Waals surface area (Å²) in [4.78, 5) is 12.8. The first-order valence-electron chi connectivity index (χ1n) is 9.37. The van der Waals surface area contributed by atoms with Gasteiger partial charge in [0.25, 0.3) is 0 Å². The van der Waals surface area contributed by atoms with Crippen LogP contribution in [0.4, 0.5) is 18.9 Å². The van der Waals surface area contributed by atoms with E-state index in [1.165, 1.54) is 10.5 Å². The number of alkyl halides is 3. The minimum atomic E-state index is -4.48. The molecule has 0 bridgehead atoms. The number of amides is 1. The number of fused-ring (bicyclic) bond motifs is 1. The fourth-order valence-electron chi connectivity index (χ4n) is 3.03. The first kappa shape index (κ1) is 20.9. The van der Waals surface area contributed by atoms with Gasteiger partial charge in [0.2, 0.25) is 5.91 Å². The van der Waals surface area contributed by atoms with Crippen LogP contribution in [0, 0.1) is 0 Å². The summed E-state index contributed by atoms with van der Waals surface area (Å²) in [7, 11) is 0. The molecule has 4 rings (SSSR count). The Morgan fingerprint density at radius 3 is 2.45 bits per heavy atom. The summed E-state index contributed by atoms with van der Waals surface area (Å²) in [6.45, 7) is 1.67.